The number of nitrogens with one attached hydrogen (secondary N) is 1. The molecule has 1 N–H and O–H groups in total. The van der Waals surface area contributed by atoms with Crippen molar-refractivity contribution < 1.29 is 9.53 Å². The first-order chi connectivity index (χ1) is 12.5. The number of hydrazone groups is 1. The van der Waals surface area contributed by atoms with Crippen LogP contribution in [0.4, 0.5) is 0 Å². The van der Waals surface area contributed by atoms with Gasteiger partial charge in [-0.05, 0) is 42.0 Å². The van der Waals surface area contributed by atoms with Gasteiger partial charge in [0.05, 0.1) is 16.3 Å². The highest BCUT2D eigenvalue weighted by Crippen LogP contribution is 2.22. The van der Waals surface area contributed by atoms with E-state index in [0.717, 1.165) is 10.8 Å². The number of rotatable bonds is 5. The number of carbonyl (C=O) groups is 1. The Hall–Kier alpha value is -2.56. The normalized spacial score (nSPS) is 12.3. The van der Waals surface area contributed by atoms with Gasteiger partial charge in [-0.1, -0.05) is 59.6 Å². The second-order valence-corrected chi connectivity index (χ2v) is 6.45. The number of benzene rings is 3. The molecule has 0 heterocycles. The van der Waals surface area contributed by atoms with E-state index in [2.05, 4.69) is 10.5 Å². The lowest BCUT2D eigenvalue weighted by Gasteiger charge is -2.13. The molecule has 0 saturated heterocycles. The van der Waals surface area contributed by atoms with Crippen molar-refractivity contribution in [2.45, 2.75) is 13.0 Å². The van der Waals surface area contributed by atoms with Gasteiger partial charge in [0, 0.05) is 5.56 Å². The summed E-state index contributed by atoms with van der Waals surface area (Å²) in [4.78, 5) is 12.2. The third-order valence-corrected chi connectivity index (χ3v) is 4.43. The van der Waals surface area contributed by atoms with Crippen LogP contribution in [-0.4, -0.2) is 18.2 Å². The number of halogens is 2. The summed E-state index contributed by atoms with van der Waals surface area (Å²) in [6, 6.07) is 18.7. The van der Waals surface area contributed by atoms with Crippen LogP contribution in [0.2, 0.25) is 10.0 Å². The molecule has 26 heavy (non-hydrogen) atoms. The molecule has 4 nitrogen and oxygen atoms in total. The van der Waals surface area contributed by atoms with Crippen molar-refractivity contribution in [3.8, 4) is 5.75 Å². The van der Waals surface area contributed by atoms with E-state index in [1.54, 1.807) is 25.1 Å². The van der Waals surface area contributed by atoms with Gasteiger partial charge in [-0.2, -0.15) is 5.10 Å². The van der Waals surface area contributed by atoms with Gasteiger partial charge in [0.1, 0.15) is 5.75 Å². The molecule has 6 heteroatoms. The van der Waals surface area contributed by atoms with Gasteiger partial charge in [-0.25, -0.2) is 5.43 Å². The van der Waals surface area contributed by atoms with Crippen LogP contribution in [0.3, 0.4) is 0 Å². The molecule has 0 unspecified atom stereocenters. The SMILES string of the molecule is C[C@@H](Oc1ccc2ccccc2c1)C(=O)N/N=C\c1c(Cl)cccc1Cl. The molecule has 3 rings (SSSR count). The number of hydrogen-bond acceptors (Lipinski definition) is 3. The molecule has 0 bridgehead atoms. The quantitative estimate of drug-likeness (QED) is 0.491. The number of nitrogens with zero attached hydrogens (tertiary/aromatic N) is 1. The third-order valence-electron chi connectivity index (χ3n) is 3.77. The van der Waals surface area contributed by atoms with Gasteiger partial charge < -0.3 is 4.74 Å². The van der Waals surface area contributed by atoms with E-state index < -0.39 is 6.10 Å². The highest BCUT2D eigenvalue weighted by Gasteiger charge is 2.14. The Morgan fingerprint density at radius 2 is 1.73 bits per heavy atom. The van der Waals surface area contributed by atoms with Crippen molar-refractivity contribution in [2.24, 2.45) is 5.10 Å². The molecule has 1 atom stereocenters. The van der Waals surface area contributed by atoms with E-state index in [1.807, 2.05) is 42.5 Å². The Bertz CT molecular complexity index is 953. The highest BCUT2D eigenvalue weighted by atomic mass is 35.5. The molecular weight excluding hydrogens is 371 g/mol. The zero-order valence-electron chi connectivity index (χ0n) is 13.9. The molecule has 0 spiro atoms. The molecule has 0 saturated carbocycles. The maximum atomic E-state index is 12.2. The fourth-order valence-electron chi connectivity index (χ4n) is 2.38. The Labute approximate surface area is 161 Å². The van der Waals surface area contributed by atoms with Crippen molar-refractivity contribution in [1.29, 1.82) is 0 Å². The maximum Gasteiger partial charge on any atom is 0.280 e. The van der Waals surface area contributed by atoms with Crippen LogP contribution in [0.5, 0.6) is 5.75 Å². The van der Waals surface area contributed by atoms with Crippen LogP contribution < -0.4 is 10.2 Å². The topological polar surface area (TPSA) is 50.7 Å². The number of fused-ring (bicyclic) bond motifs is 1. The average Bonchev–Trinajstić information content (AvgIpc) is 2.64. The van der Waals surface area contributed by atoms with E-state index in [4.69, 9.17) is 27.9 Å². The number of amides is 1. The summed E-state index contributed by atoms with van der Waals surface area (Å²) < 4.78 is 5.70. The first-order valence-corrected chi connectivity index (χ1v) is 8.72. The first-order valence-electron chi connectivity index (χ1n) is 7.97. The minimum absolute atomic E-state index is 0.377. The Morgan fingerprint density at radius 1 is 1.04 bits per heavy atom. The number of carbonyl (C=O) groups excluding carboxylic acids is 1. The van der Waals surface area contributed by atoms with Crippen LogP contribution in [0.25, 0.3) is 10.8 Å². The van der Waals surface area contributed by atoms with Gasteiger partial charge in [0.15, 0.2) is 6.10 Å². The van der Waals surface area contributed by atoms with Crippen molar-refractivity contribution in [1.82, 2.24) is 5.43 Å². The minimum Gasteiger partial charge on any atom is -0.481 e. The van der Waals surface area contributed by atoms with E-state index in [-0.39, 0.29) is 5.91 Å². The van der Waals surface area contributed by atoms with Gasteiger partial charge >= 0.3 is 0 Å². The van der Waals surface area contributed by atoms with Gasteiger partial charge in [-0.3, -0.25) is 4.79 Å². The van der Waals surface area contributed by atoms with Crippen molar-refractivity contribution in [3.63, 3.8) is 0 Å². The summed E-state index contributed by atoms with van der Waals surface area (Å²) >= 11 is 12.1. The number of hydrogen-bond donors (Lipinski definition) is 1. The van der Waals surface area contributed by atoms with E-state index in [1.165, 1.54) is 6.21 Å². The van der Waals surface area contributed by atoms with Crippen molar-refractivity contribution in [3.05, 3.63) is 76.3 Å². The molecule has 0 radical (unpaired) electrons. The molecule has 0 fully saturated rings. The molecule has 0 aliphatic heterocycles. The fourth-order valence-corrected chi connectivity index (χ4v) is 2.88. The molecular formula is C20H16Cl2N2O2. The lowest BCUT2D eigenvalue weighted by atomic mass is 10.1. The second kappa shape index (κ2) is 8.21. The smallest absolute Gasteiger partial charge is 0.280 e. The summed E-state index contributed by atoms with van der Waals surface area (Å²) in [5, 5.41) is 6.97. The monoisotopic (exact) mass is 386 g/mol. The Morgan fingerprint density at radius 3 is 2.46 bits per heavy atom. The van der Waals surface area contributed by atoms with Gasteiger partial charge in [0.25, 0.3) is 5.91 Å². The number of ether oxygens (including phenoxy) is 1. The largest absolute Gasteiger partial charge is 0.481 e. The summed E-state index contributed by atoms with van der Waals surface area (Å²) in [5.74, 6) is 0.238. The summed E-state index contributed by atoms with van der Waals surface area (Å²) in [5.41, 5.74) is 2.97. The molecule has 132 valence electrons. The van der Waals surface area contributed by atoms with Crippen molar-refractivity contribution in [2.75, 3.05) is 0 Å². The average molecular weight is 387 g/mol. The van der Waals surface area contributed by atoms with Gasteiger partial charge in [-0.15, -0.1) is 0 Å². The minimum atomic E-state index is -0.713. The summed E-state index contributed by atoms with van der Waals surface area (Å²) in [6.45, 7) is 1.66. The molecule has 3 aromatic rings. The van der Waals surface area contributed by atoms with Crippen molar-refractivity contribution >= 4 is 46.1 Å². The molecule has 1 amide bonds. The van der Waals surface area contributed by atoms with Crippen LogP contribution in [0.15, 0.2) is 65.8 Å². The summed E-state index contributed by atoms with van der Waals surface area (Å²) in [7, 11) is 0. The fraction of sp³-hybridized carbons (Fsp3) is 0.100. The standard InChI is InChI=1S/C20H16Cl2N2O2/c1-13(26-16-10-9-14-5-2-3-6-15(14)11-16)20(25)24-23-12-17-18(21)7-4-8-19(17)22/h2-13H,1H3,(H,24,25)/b23-12-/t13-/m1/s1. The predicted octanol–water partition coefficient (Wildman–Crippen LogP) is 5.06. The zero-order chi connectivity index (χ0) is 18.5. The molecule has 0 aliphatic rings. The first kappa shape index (κ1) is 18.2. The van der Waals surface area contributed by atoms with E-state index in [9.17, 15) is 4.79 Å². The Kier molecular flexibility index (Phi) is 5.76. The Balaban J connectivity index is 1.63. The van der Waals surface area contributed by atoms with Crippen LogP contribution in [0.1, 0.15) is 12.5 Å². The van der Waals surface area contributed by atoms with Crippen LogP contribution in [0, 0.1) is 0 Å². The molecule has 3 aromatic carbocycles. The van der Waals surface area contributed by atoms with E-state index >= 15 is 0 Å². The lowest BCUT2D eigenvalue weighted by Crippen LogP contribution is -2.33. The lowest BCUT2D eigenvalue weighted by molar-refractivity contribution is -0.127. The summed E-state index contributed by atoms with van der Waals surface area (Å²) in [6.07, 6.45) is 0.695. The predicted molar refractivity (Wildman–Crippen MR) is 106 cm³/mol. The highest BCUT2D eigenvalue weighted by molar-refractivity contribution is 6.38. The van der Waals surface area contributed by atoms with E-state index in [0.29, 0.717) is 21.4 Å². The second-order valence-electron chi connectivity index (χ2n) is 5.64. The van der Waals surface area contributed by atoms with Crippen LogP contribution >= 0.6 is 23.2 Å². The third kappa shape index (κ3) is 4.34. The zero-order valence-corrected chi connectivity index (χ0v) is 15.5. The van der Waals surface area contributed by atoms with Gasteiger partial charge in [0.2, 0.25) is 0 Å². The molecule has 0 aliphatic carbocycles. The maximum absolute atomic E-state index is 12.2. The van der Waals surface area contributed by atoms with Crippen LogP contribution in [-0.2, 0) is 4.79 Å². The molecule has 0 aromatic heterocycles.